The van der Waals surface area contributed by atoms with Crippen molar-refractivity contribution in [2.45, 2.75) is 38.8 Å². The van der Waals surface area contributed by atoms with E-state index in [9.17, 15) is 9.90 Å². The molecule has 2 aliphatic rings. The van der Waals surface area contributed by atoms with Gasteiger partial charge >= 0.3 is 5.97 Å². The number of hydrogen-bond acceptors (Lipinski definition) is 5. The number of anilines is 2. The van der Waals surface area contributed by atoms with Crippen molar-refractivity contribution in [3.8, 4) is 11.3 Å². The van der Waals surface area contributed by atoms with Gasteiger partial charge in [-0.05, 0) is 98.1 Å². The topological polar surface area (TPSA) is 81.8 Å². The molecule has 210 valence electrons. The molecule has 2 fully saturated rings. The Bertz CT molecular complexity index is 1600. The fraction of sp³-hybridized carbons (Fsp3) is 0.281. The number of hydrogen-bond donors (Lipinski definition) is 2. The molecule has 0 unspecified atom stereocenters. The number of rotatable bonds is 6. The van der Waals surface area contributed by atoms with Crippen molar-refractivity contribution < 1.29 is 14.3 Å². The lowest BCUT2D eigenvalue weighted by atomic mass is 9.98. The minimum absolute atomic E-state index is 0.240. The predicted octanol–water partition coefficient (Wildman–Crippen LogP) is 7.42. The highest BCUT2D eigenvalue weighted by atomic mass is 35.5. The third-order valence-electron chi connectivity index (χ3n) is 8.09. The van der Waals surface area contributed by atoms with E-state index in [2.05, 4.69) is 34.3 Å². The maximum absolute atomic E-state index is 11.4. The number of furan rings is 1. The Hall–Kier alpha value is -3.88. The number of piperidine rings is 1. The Morgan fingerprint density at radius 1 is 1.10 bits per heavy atom. The molecule has 4 aromatic rings. The van der Waals surface area contributed by atoms with Crippen LogP contribution in [-0.4, -0.2) is 34.3 Å². The number of aromatic nitrogens is 1. The lowest BCUT2D eigenvalue weighted by Crippen LogP contribution is -2.33. The maximum atomic E-state index is 11.4. The smallest absolute Gasteiger partial charge is 0.335 e. The van der Waals surface area contributed by atoms with Crippen LogP contribution in [0.3, 0.4) is 0 Å². The van der Waals surface area contributed by atoms with Crippen LogP contribution in [0, 0.1) is 12.8 Å². The number of nitrogens with zero attached hydrogens (tertiary/aromatic N) is 3. The average molecular weight is 587 g/mol. The monoisotopic (exact) mass is 586 g/mol. The summed E-state index contributed by atoms with van der Waals surface area (Å²) in [4.78, 5) is 20.5. The summed E-state index contributed by atoms with van der Waals surface area (Å²) in [5, 5.41) is 14.1. The Kier molecular flexibility index (Phi) is 7.45. The fourth-order valence-corrected chi connectivity index (χ4v) is 6.44. The van der Waals surface area contributed by atoms with Crippen LogP contribution < -0.4 is 15.1 Å². The highest BCUT2D eigenvalue weighted by molar-refractivity contribution is 7.80. The van der Waals surface area contributed by atoms with Crippen LogP contribution in [0.4, 0.5) is 11.4 Å². The molecule has 2 saturated heterocycles. The van der Waals surface area contributed by atoms with E-state index in [-0.39, 0.29) is 17.6 Å². The molecule has 2 atom stereocenters. The number of carbonyl (C=O) groups is 1. The van der Waals surface area contributed by atoms with Crippen molar-refractivity contribution in [3.63, 3.8) is 0 Å². The van der Waals surface area contributed by atoms with E-state index in [1.165, 1.54) is 0 Å². The van der Waals surface area contributed by atoms with E-state index in [0.29, 0.717) is 21.7 Å². The third-order valence-corrected chi connectivity index (χ3v) is 8.71. The van der Waals surface area contributed by atoms with Crippen molar-refractivity contribution in [1.82, 2.24) is 10.3 Å². The zero-order valence-corrected chi connectivity index (χ0v) is 24.5. The molecule has 0 amide bonds. The number of benzene rings is 2. The summed E-state index contributed by atoms with van der Waals surface area (Å²) in [6.07, 6.45) is 4.09. The fourth-order valence-electron chi connectivity index (χ4n) is 5.80. The normalized spacial score (nSPS) is 19.4. The van der Waals surface area contributed by atoms with Crippen LogP contribution in [0.15, 0.2) is 77.3 Å². The Morgan fingerprint density at radius 3 is 2.59 bits per heavy atom. The number of nitrogens with one attached hydrogen (secondary N) is 1. The van der Waals surface area contributed by atoms with Gasteiger partial charge in [-0.1, -0.05) is 30.7 Å². The summed E-state index contributed by atoms with van der Waals surface area (Å²) in [6.45, 7) is 6.17. The summed E-state index contributed by atoms with van der Waals surface area (Å²) in [5.74, 6) is 1.13. The first kappa shape index (κ1) is 27.3. The van der Waals surface area contributed by atoms with Crippen molar-refractivity contribution in [2.75, 3.05) is 22.9 Å². The van der Waals surface area contributed by atoms with E-state index in [4.69, 9.17) is 28.2 Å². The molecule has 9 heteroatoms. The number of carboxylic acid groups (broad SMARTS) is 1. The van der Waals surface area contributed by atoms with E-state index < -0.39 is 5.97 Å². The lowest BCUT2D eigenvalue weighted by molar-refractivity contribution is 0.0696. The van der Waals surface area contributed by atoms with Gasteiger partial charge in [0, 0.05) is 30.5 Å². The summed E-state index contributed by atoms with van der Waals surface area (Å²) in [7, 11) is 0. The predicted molar refractivity (Wildman–Crippen MR) is 166 cm³/mol. The van der Waals surface area contributed by atoms with Crippen LogP contribution >= 0.6 is 23.8 Å². The molecule has 2 aromatic carbocycles. The molecule has 2 aromatic heterocycles. The molecule has 0 saturated carbocycles. The minimum Gasteiger partial charge on any atom is -0.478 e. The van der Waals surface area contributed by atoms with Gasteiger partial charge in [0.05, 0.1) is 28.0 Å². The zero-order valence-electron chi connectivity index (χ0n) is 22.9. The van der Waals surface area contributed by atoms with Gasteiger partial charge < -0.3 is 24.6 Å². The molecule has 0 spiro atoms. The second-order valence-electron chi connectivity index (χ2n) is 10.8. The Labute approximate surface area is 249 Å². The second kappa shape index (κ2) is 11.2. The molecule has 41 heavy (non-hydrogen) atoms. The minimum atomic E-state index is -0.960. The quantitative estimate of drug-likeness (QED) is 0.226. The van der Waals surface area contributed by atoms with Crippen LogP contribution in [0.5, 0.6) is 0 Å². The van der Waals surface area contributed by atoms with Crippen molar-refractivity contribution in [2.24, 2.45) is 5.92 Å². The number of aryl methyl sites for hydroxylation is 1. The third kappa shape index (κ3) is 5.29. The highest BCUT2D eigenvalue weighted by Gasteiger charge is 2.43. The first-order valence-electron chi connectivity index (χ1n) is 13.8. The lowest BCUT2D eigenvalue weighted by Gasteiger charge is -2.33. The zero-order chi connectivity index (χ0) is 28.7. The van der Waals surface area contributed by atoms with Gasteiger partial charge in [0.15, 0.2) is 5.11 Å². The van der Waals surface area contributed by atoms with Crippen molar-refractivity contribution in [1.29, 1.82) is 0 Å². The summed E-state index contributed by atoms with van der Waals surface area (Å²) < 4.78 is 6.49. The standard InChI is InChI=1S/C32H31ClN4O3S/c1-19-12-15-36(16-13-19)26-9-7-22(18-24(26)33)37-30(29(35-32(37)41)25-5-3-4-14-34-25)28-11-10-27(40-28)23-8-6-21(31(38)39)17-20(23)2/h3-11,14,17-19,29-30H,12-13,15-16H2,1-2H3,(H,35,41)(H,38,39)/t29-,30+/m1/s1. The van der Waals surface area contributed by atoms with Crippen molar-refractivity contribution in [3.05, 3.63) is 101 Å². The van der Waals surface area contributed by atoms with Crippen LogP contribution in [0.1, 0.15) is 59.2 Å². The van der Waals surface area contributed by atoms with Gasteiger partial charge in [0.25, 0.3) is 0 Å². The number of aromatic carboxylic acids is 1. The average Bonchev–Trinajstić information content (AvgIpc) is 3.58. The maximum Gasteiger partial charge on any atom is 0.335 e. The van der Waals surface area contributed by atoms with Gasteiger partial charge in [-0.2, -0.15) is 0 Å². The van der Waals surface area contributed by atoms with Gasteiger partial charge in [0.1, 0.15) is 17.6 Å². The molecule has 0 bridgehead atoms. The first-order chi connectivity index (χ1) is 19.8. The van der Waals surface area contributed by atoms with Gasteiger partial charge in [-0.25, -0.2) is 4.79 Å². The molecule has 0 radical (unpaired) electrons. The number of pyridine rings is 1. The molecule has 4 heterocycles. The van der Waals surface area contributed by atoms with Gasteiger partial charge in [0.2, 0.25) is 0 Å². The number of thiocarbonyl (C=S) groups is 1. The van der Waals surface area contributed by atoms with Crippen LogP contribution in [0.2, 0.25) is 5.02 Å². The van der Waals surface area contributed by atoms with E-state index in [0.717, 1.165) is 60.0 Å². The van der Waals surface area contributed by atoms with Crippen LogP contribution in [-0.2, 0) is 0 Å². The summed E-state index contributed by atoms with van der Waals surface area (Å²) in [6, 6.07) is 20.3. The van der Waals surface area contributed by atoms with Crippen LogP contribution in [0.25, 0.3) is 11.3 Å². The SMILES string of the molecule is Cc1cc(C(=O)O)ccc1-c1ccc([C@H]2[C@@H](c3ccccn3)NC(=S)N2c2ccc(N3CCC(C)CC3)c(Cl)c2)o1. The molecular weight excluding hydrogens is 556 g/mol. The molecule has 2 N–H and O–H groups in total. The summed E-state index contributed by atoms with van der Waals surface area (Å²) in [5.41, 5.74) is 4.64. The highest BCUT2D eigenvalue weighted by Crippen LogP contribution is 2.44. The molecule has 2 aliphatic heterocycles. The largest absolute Gasteiger partial charge is 0.478 e. The molecular formula is C32H31ClN4O3S. The molecule has 0 aliphatic carbocycles. The Morgan fingerprint density at radius 2 is 1.90 bits per heavy atom. The molecule has 7 nitrogen and oxygen atoms in total. The first-order valence-corrected chi connectivity index (χ1v) is 14.6. The van der Waals surface area contributed by atoms with Crippen molar-refractivity contribution >= 4 is 46.3 Å². The molecule has 6 rings (SSSR count). The second-order valence-corrected chi connectivity index (χ2v) is 11.6. The number of carboxylic acids is 1. The van der Waals surface area contributed by atoms with E-state index in [1.54, 1.807) is 24.4 Å². The summed E-state index contributed by atoms with van der Waals surface area (Å²) >= 11 is 12.8. The van der Waals surface area contributed by atoms with E-state index in [1.807, 2.05) is 48.2 Å². The van der Waals surface area contributed by atoms with E-state index >= 15 is 0 Å². The van der Waals surface area contributed by atoms with Gasteiger partial charge in [-0.3, -0.25) is 4.98 Å². The number of halogens is 1. The van der Waals surface area contributed by atoms with Gasteiger partial charge in [-0.15, -0.1) is 0 Å². The Balaban J connectivity index is 1.38.